The van der Waals surface area contributed by atoms with Gasteiger partial charge >= 0.3 is 6.36 Å². The van der Waals surface area contributed by atoms with E-state index in [4.69, 9.17) is 0 Å². The van der Waals surface area contributed by atoms with E-state index in [1.54, 1.807) is 6.07 Å². The Labute approximate surface area is 147 Å². The Morgan fingerprint density at radius 1 is 1.22 bits per heavy atom. The van der Waals surface area contributed by atoms with E-state index in [9.17, 15) is 13.2 Å². The number of nitrogens with zero attached hydrogens (tertiary/aromatic N) is 1. The fourth-order valence-corrected chi connectivity index (χ4v) is 2.75. The lowest BCUT2D eigenvalue weighted by atomic mass is 9.99. The molecule has 0 spiro atoms. The van der Waals surface area contributed by atoms with E-state index >= 15 is 0 Å². The molecule has 1 aromatic rings. The zero-order valence-corrected chi connectivity index (χ0v) is 14.6. The molecule has 1 saturated heterocycles. The third-order valence-corrected chi connectivity index (χ3v) is 3.63. The Morgan fingerprint density at radius 3 is 2.43 bits per heavy atom. The lowest BCUT2D eigenvalue weighted by molar-refractivity contribution is -0.274. The average molecular weight is 375 g/mol. The maximum atomic E-state index is 12.3. The highest BCUT2D eigenvalue weighted by Crippen LogP contribution is 2.30. The standard InChI is InChI=1S/C15H21F3N2O.2ClH/c1-2-4-14(20-9-7-19-8-10-20)12-5-3-6-13(11-12)21-15(16,17)18;;/h3,5-6,11,14,19H,2,4,7-10H2,1H3;2*1H/t14-;;/m0../s1. The van der Waals surface area contributed by atoms with Crippen LogP contribution in [0.15, 0.2) is 24.3 Å². The number of piperazine rings is 1. The molecule has 0 unspecified atom stereocenters. The smallest absolute Gasteiger partial charge is 0.406 e. The van der Waals surface area contributed by atoms with Crippen LogP contribution in [0, 0.1) is 0 Å². The minimum absolute atomic E-state index is 0. The highest BCUT2D eigenvalue weighted by Gasteiger charge is 2.31. The molecule has 1 aromatic carbocycles. The second kappa shape index (κ2) is 10.2. The number of halogens is 5. The average Bonchev–Trinajstić information content (AvgIpc) is 2.44. The topological polar surface area (TPSA) is 24.5 Å². The first-order valence-electron chi connectivity index (χ1n) is 7.30. The van der Waals surface area contributed by atoms with E-state index < -0.39 is 6.36 Å². The molecule has 1 heterocycles. The highest BCUT2D eigenvalue weighted by atomic mass is 35.5. The molecule has 1 fully saturated rings. The van der Waals surface area contributed by atoms with Crippen molar-refractivity contribution in [3.05, 3.63) is 29.8 Å². The monoisotopic (exact) mass is 374 g/mol. The molecule has 1 atom stereocenters. The van der Waals surface area contributed by atoms with Gasteiger partial charge in [-0.15, -0.1) is 38.0 Å². The van der Waals surface area contributed by atoms with Crippen molar-refractivity contribution in [2.45, 2.75) is 32.2 Å². The second-order valence-electron chi connectivity index (χ2n) is 5.21. The fraction of sp³-hybridized carbons (Fsp3) is 0.600. The molecule has 3 nitrogen and oxygen atoms in total. The SMILES string of the molecule is CCC[C@@H](c1cccc(OC(F)(F)F)c1)N1CCNCC1.Cl.Cl. The number of rotatable bonds is 5. The number of hydrogen-bond acceptors (Lipinski definition) is 3. The van der Waals surface area contributed by atoms with E-state index in [0.717, 1.165) is 44.6 Å². The summed E-state index contributed by atoms with van der Waals surface area (Å²) in [5, 5.41) is 3.29. The molecule has 0 amide bonds. The molecule has 0 aliphatic carbocycles. The van der Waals surface area contributed by atoms with Crippen molar-refractivity contribution in [1.82, 2.24) is 10.2 Å². The van der Waals surface area contributed by atoms with Crippen molar-refractivity contribution < 1.29 is 17.9 Å². The van der Waals surface area contributed by atoms with Gasteiger partial charge in [0.2, 0.25) is 0 Å². The van der Waals surface area contributed by atoms with Gasteiger partial charge in [-0.25, -0.2) is 0 Å². The lowest BCUT2D eigenvalue weighted by Crippen LogP contribution is -2.45. The second-order valence-corrected chi connectivity index (χ2v) is 5.21. The van der Waals surface area contributed by atoms with Crippen molar-refractivity contribution in [3.63, 3.8) is 0 Å². The zero-order valence-electron chi connectivity index (χ0n) is 12.9. The minimum Gasteiger partial charge on any atom is -0.406 e. The van der Waals surface area contributed by atoms with Gasteiger partial charge in [0.25, 0.3) is 0 Å². The Kier molecular flexibility index (Phi) is 9.93. The Morgan fingerprint density at radius 2 is 1.87 bits per heavy atom. The van der Waals surface area contributed by atoms with Gasteiger partial charge in [0.15, 0.2) is 0 Å². The van der Waals surface area contributed by atoms with Crippen molar-refractivity contribution in [3.8, 4) is 5.75 Å². The Bertz CT molecular complexity index is 455. The molecular weight excluding hydrogens is 352 g/mol. The van der Waals surface area contributed by atoms with Gasteiger partial charge in [-0.2, -0.15) is 0 Å². The quantitative estimate of drug-likeness (QED) is 0.836. The van der Waals surface area contributed by atoms with Gasteiger partial charge in [-0.1, -0.05) is 25.5 Å². The molecule has 0 saturated carbocycles. The summed E-state index contributed by atoms with van der Waals surface area (Å²) in [5.74, 6) is -0.142. The summed E-state index contributed by atoms with van der Waals surface area (Å²) in [7, 11) is 0. The van der Waals surface area contributed by atoms with E-state index in [1.165, 1.54) is 12.1 Å². The summed E-state index contributed by atoms with van der Waals surface area (Å²) < 4.78 is 41.0. The number of ether oxygens (including phenoxy) is 1. The van der Waals surface area contributed by atoms with Crippen molar-refractivity contribution >= 4 is 24.8 Å². The molecule has 2 rings (SSSR count). The van der Waals surface area contributed by atoms with Gasteiger partial charge in [0.05, 0.1) is 0 Å². The van der Waals surface area contributed by atoms with Crippen LogP contribution in [-0.4, -0.2) is 37.4 Å². The van der Waals surface area contributed by atoms with E-state index in [-0.39, 0.29) is 36.6 Å². The van der Waals surface area contributed by atoms with Crippen molar-refractivity contribution in [2.75, 3.05) is 26.2 Å². The summed E-state index contributed by atoms with van der Waals surface area (Å²) in [5.41, 5.74) is 0.889. The number of nitrogens with one attached hydrogen (secondary N) is 1. The summed E-state index contributed by atoms with van der Waals surface area (Å²) in [6.07, 6.45) is -2.73. The van der Waals surface area contributed by atoms with Crippen molar-refractivity contribution in [1.29, 1.82) is 0 Å². The van der Waals surface area contributed by atoms with Crippen LogP contribution in [0.5, 0.6) is 5.75 Å². The van der Waals surface area contributed by atoms with E-state index in [0.29, 0.717) is 0 Å². The molecule has 23 heavy (non-hydrogen) atoms. The summed E-state index contributed by atoms with van der Waals surface area (Å²) in [4.78, 5) is 2.33. The Hall–Kier alpha value is -0.690. The van der Waals surface area contributed by atoms with Gasteiger partial charge in [0, 0.05) is 32.2 Å². The molecule has 0 aromatic heterocycles. The molecule has 1 aliphatic heterocycles. The van der Waals surface area contributed by atoms with Gasteiger partial charge in [0.1, 0.15) is 5.75 Å². The fourth-order valence-electron chi connectivity index (χ4n) is 2.75. The zero-order chi connectivity index (χ0) is 15.3. The van der Waals surface area contributed by atoms with Crippen molar-refractivity contribution in [2.24, 2.45) is 0 Å². The van der Waals surface area contributed by atoms with Gasteiger partial charge < -0.3 is 10.1 Å². The van der Waals surface area contributed by atoms with Crippen LogP contribution in [0.4, 0.5) is 13.2 Å². The molecule has 0 radical (unpaired) electrons. The first kappa shape index (κ1) is 22.3. The third-order valence-electron chi connectivity index (χ3n) is 3.63. The van der Waals surface area contributed by atoms with E-state index in [1.807, 2.05) is 6.07 Å². The normalized spacial score (nSPS) is 16.9. The van der Waals surface area contributed by atoms with Gasteiger partial charge in [-0.05, 0) is 24.1 Å². The highest BCUT2D eigenvalue weighted by molar-refractivity contribution is 5.85. The molecule has 0 bridgehead atoms. The molecule has 8 heteroatoms. The third kappa shape index (κ3) is 7.16. The summed E-state index contributed by atoms with van der Waals surface area (Å²) in [6, 6.07) is 6.51. The number of hydrogen-bond donors (Lipinski definition) is 1. The molecule has 1 aliphatic rings. The lowest BCUT2D eigenvalue weighted by Gasteiger charge is -2.35. The van der Waals surface area contributed by atoms with Gasteiger partial charge in [-0.3, -0.25) is 4.90 Å². The van der Waals surface area contributed by atoms with Crippen LogP contribution >= 0.6 is 24.8 Å². The molecule has 134 valence electrons. The van der Waals surface area contributed by atoms with Crippen LogP contribution in [0.2, 0.25) is 0 Å². The predicted octanol–water partition coefficient (Wildman–Crippen LogP) is 4.18. The number of benzene rings is 1. The maximum absolute atomic E-state index is 12.3. The minimum atomic E-state index is -4.64. The molecule has 1 N–H and O–H groups in total. The van der Waals surface area contributed by atoms with Crippen LogP contribution < -0.4 is 10.1 Å². The maximum Gasteiger partial charge on any atom is 0.573 e. The summed E-state index contributed by atoms with van der Waals surface area (Å²) >= 11 is 0. The first-order chi connectivity index (χ1) is 9.99. The Balaban J connectivity index is 0.00000242. The number of alkyl halides is 3. The van der Waals surface area contributed by atoms with Crippen LogP contribution in [0.3, 0.4) is 0 Å². The largest absolute Gasteiger partial charge is 0.573 e. The first-order valence-corrected chi connectivity index (χ1v) is 7.30. The van der Waals surface area contributed by atoms with Crippen LogP contribution in [0.25, 0.3) is 0 Å². The predicted molar refractivity (Wildman–Crippen MR) is 89.7 cm³/mol. The van der Waals surface area contributed by atoms with E-state index in [2.05, 4.69) is 21.9 Å². The van der Waals surface area contributed by atoms with Crippen LogP contribution in [-0.2, 0) is 0 Å². The molecular formula is C15H23Cl2F3N2O. The summed E-state index contributed by atoms with van der Waals surface area (Å²) in [6.45, 7) is 5.74. The van der Waals surface area contributed by atoms with Crippen LogP contribution in [0.1, 0.15) is 31.4 Å².